The largest absolute Gasteiger partial charge is 0.377 e. The average molecular weight is 247 g/mol. The van der Waals surface area contributed by atoms with E-state index in [1.54, 1.807) is 23.2 Å². The van der Waals surface area contributed by atoms with Crippen molar-refractivity contribution in [2.24, 2.45) is 0 Å². The van der Waals surface area contributed by atoms with Crippen LogP contribution in [0.25, 0.3) is 5.65 Å². The van der Waals surface area contributed by atoms with Crippen molar-refractivity contribution in [3.8, 4) is 0 Å². The van der Waals surface area contributed by atoms with Gasteiger partial charge in [0.2, 0.25) is 0 Å². The Morgan fingerprint density at radius 1 is 1.56 bits per heavy atom. The van der Waals surface area contributed by atoms with E-state index in [9.17, 15) is 4.79 Å². The monoisotopic (exact) mass is 247 g/mol. The van der Waals surface area contributed by atoms with Crippen molar-refractivity contribution < 1.29 is 9.53 Å². The number of carbonyl (C=O) groups excluding carboxylic acids is 1. The smallest absolute Gasteiger partial charge is 0.258 e. The molecule has 1 amide bonds. The minimum atomic E-state index is -0.0498. The van der Waals surface area contributed by atoms with E-state index < -0.39 is 0 Å². The number of nitrogens with zero attached hydrogens (tertiary/aromatic N) is 5. The van der Waals surface area contributed by atoms with Gasteiger partial charge >= 0.3 is 0 Å². The molecule has 0 spiro atoms. The second kappa shape index (κ2) is 4.34. The lowest BCUT2D eigenvalue weighted by molar-refractivity contribution is 0.00367. The van der Waals surface area contributed by atoms with Gasteiger partial charge in [0.15, 0.2) is 5.65 Å². The van der Waals surface area contributed by atoms with Gasteiger partial charge in [0.05, 0.1) is 24.8 Å². The highest BCUT2D eigenvalue weighted by Crippen LogP contribution is 2.14. The van der Waals surface area contributed by atoms with Crippen molar-refractivity contribution in [3.05, 3.63) is 23.9 Å². The van der Waals surface area contributed by atoms with Crippen molar-refractivity contribution in [2.45, 2.75) is 13.0 Å². The van der Waals surface area contributed by atoms with Crippen LogP contribution in [0.3, 0.4) is 0 Å². The summed E-state index contributed by atoms with van der Waals surface area (Å²) in [5, 5.41) is 11.2. The molecular weight excluding hydrogens is 234 g/mol. The van der Waals surface area contributed by atoms with Crippen LogP contribution in [-0.2, 0) is 4.74 Å². The Morgan fingerprint density at radius 3 is 3.28 bits per heavy atom. The Hall–Kier alpha value is -2.02. The standard InChI is InChI=1S/C11H13N5O2/c1-8-7-18-6-5-15(8)11(17)9-3-2-4-16-10(9)12-13-14-16/h2-4,8H,5-7H2,1H3/t8-/m0/s1. The fourth-order valence-corrected chi connectivity index (χ4v) is 2.12. The van der Waals surface area contributed by atoms with Crippen molar-refractivity contribution in [3.63, 3.8) is 0 Å². The predicted molar refractivity (Wildman–Crippen MR) is 62.1 cm³/mol. The van der Waals surface area contributed by atoms with Crippen LogP contribution < -0.4 is 0 Å². The van der Waals surface area contributed by atoms with Gasteiger partial charge in [-0.2, -0.15) is 4.52 Å². The Labute approximate surface area is 103 Å². The van der Waals surface area contributed by atoms with Crippen LogP contribution in [0, 0.1) is 0 Å². The number of aromatic nitrogens is 4. The van der Waals surface area contributed by atoms with Gasteiger partial charge in [-0.05, 0) is 29.5 Å². The number of hydrogen-bond acceptors (Lipinski definition) is 5. The highest BCUT2D eigenvalue weighted by molar-refractivity contribution is 5.99. The van der Waals surface area contributed by atoms with Crippen molar-refractivity contribution >= 4 is 11.6 Å². The lowest BCUT2D eigenvalue weighted by Gasteiger charge is -2.33. The molecule has 1 atom stereocenters. The molecule has 1 fully saturated rings. The zero-order valence-electron chi connectivity index (χ0n) is 9.98. The van der Waals surface area contributed by atoms with Crippen LogP contribution >= 0.6 is 0 Å². The molecule has 7 nitrogen and oxygen atoms in total. The van der Waals surface area contributed by atoms with Gasteiger partial charge in [0, 0.05) is 12.7 Å². The number of tetrazole rings is 1. The van der Waals surface area contributed by atoms with Crippen LogP contribution in [0.15, 0.2) is 18.3 Å². The van der Waals surface area contributed by atoms with E-state index in [-0.39, 0.29) is 11.9 Å². The zero-order chi connectivity index (χ0) is 12.5. The number of carbonyl (C=O) groups is 1. The molecule has 1 saturated heterocycles. The highest BCUT2D eigenvalue weighted by Gasteiger charge is 2.26. The van der Waals surface area contributed by atoms with Crippen molar-refractivity contribution in [2.75, 3.05) is 19.8 Å². The molecule has 3 heterocycles. The molecule has 0 unspecified atom stereocenters. The SMILES string of the molecule is C[C@H]1COCCN1C(=O)c1cccn2nnnc12. The molecule has 1 aliphatic rings. The van der Waals surface area contributed by atoms with Crippen LogP contribution in [-0.4, -0.2) is 56.6 Å². The quantitative estimate of drug-likeness (QED) is 0.708. The lowest BCUT2D eigenvalue weighted by atomic mass is 10.2. The fraction of sp³-hybridized carbons (Fsp3) is 0.455. The van der Waals surface area contributed by atoms with Gasteiger partial charge in [-0.3, -0.25) is 4.79 Å². The van der Waals surface area contributed by atoms with Gasteiger partial charge in [0.25, 0.3) is 5.91 Å². The molecule has 0 bridgehead atoms. The Bertz CT molecular complexity index is 582. The maximum atomic E-state index is 12.5. The highest BCUT2D eigenvalue weighted by atomic mass is 16.5. The molecule has 0 saturated carbocycles. The lowest BCUT2D eigenvalue weighted by Crippen LogP contribution is -2.47. The summed E-state index contributed by atoms with van der Waals surface area (Å²) < 4.78 is 6.83. The van der Waals surface area contributed by atoms with E-state index >= 15 is 0 Å². The van der Waals surface area contributed by atoms with Crippen molar-refractivity contribution in [1.82, 2.24) is 24.9 Å². The van der Waals surface area contributed by atoms with Crippen LogP contribution in [0.2, 0.25) is 0 Å². The Kier molecular flexibility index (Phi) is 2.67. The van der Waals surface area contributed by atoms with E-state index in [1.807, 2.05) is 6.92 Å². The number of fused-ring (bicyclic) bond motifs is 1. The van der Waals surface area contributed by atoms with Gasteiger partial charge in [-0.25, -0.2) is 0 Å². The molecule has 18 heavy (non-hydrogen) atoms. The maximum absolute atomic E-state index is 12.5. The first-order valence-electron chi connectivity index (χ1n) is 5.83. The topological polar surface area (TPSA) is 72.6 Å². The van der Waals surface area contributed by atoms with Gasteiger partial charge in [0.1, 0.15) is 0 Å². The molecule has 1 aliphatic heterocycles. The summed E-state index contributed by atoms with van der Waals surface area (Å²) in [7, 11) is 0. The van der Waals surface area contributed by atoms with E-state index in [0.717, 1.165) is 0 Å². The van der Waals surface area contributed by atoms with E-state index in [1.165, 1.54) is 4.52 Å². The number of morpholine rings is 1. The van der Waals surface area contributed by atoms with E-state index in [0.29, 0.717) is 31.0 Å². The average Bonchev–Trinajstić information content (AvgIpc) is 2.86. The maximum Gasteiger partial charge on any atom is 0.258 e. The minimum Gasteiger partial charge on any atom is -0.377 e. The van der Waals surface area contributed by atoms with Gasteiger partial charge < -0.3 is 9.64 Å². The summed E-state index contributed by atoms with van der Waals surface area (Å²) in [6.07, 6.45) is 1.72. The zero-order valence-corrected chi connectivity index (χ0v) is 9.98. The first-order chi connectivity index (χ1) is 8.77. The van der Waals surface area contributed by atoms with Gasteiger partial charge in [-0.1, -0.05) is 0 Å². The second-order valence-corrected chi connectivity index (χ2v) is 4.29. The predicted octanol–water partition coefficient (Wildman–Crippen LogP) is -0.0148. The van der Waals surface area contributed by atoms with Crippen LogP contribution in [0.1, 0.15) is 17.3 Å². The van der Waals surface area contributed by atoms with Crippen LogP contribution in [0.4, 0.5) is 0 Å². The summed E-state index contributed by atoms with van der Waals surface area (Å²) in [4.78, 5) is 14.3. The van der Waals surface area contributed by atoms with Crippen molar-refractivity contribution in [1.29, 1.82) is 0 Å². The van der Waals surface area contributed by atoms with E-state index in [4.69, 9.17) is 4.74 Å². The third-order valence-electron chi connectivity index (χ3n) is 3.08. The van der Waals surface area contributed by atoms with E-state index in [2.05, 4.69) is 15.5 Å². The first kappa shape index (κ1) is 11.1. The van der Waals surface area contributed by atoms with Crippen LogP contribution in [0.5, 0.6) is 0 Å². The molecule has 7 heteroatoms. The summed E-state index contributed by atoms with van der Waals surface area (Å²) >= 11 is 0. The molecule has 3 rings (SSSR count). The summed E-state index contributed by atoms with van der Waals surface area (Å²) in [5.74, 6) is -0.0498. The molecule has 0 radical (unpaired) electrons. The molecule has 2 aromatic heterocycles. The third kappa shape index (κ3) is 1.72. The number of ether oxygens (including phenoxy) is 1. The number of rotatable bonds is 1. The molecule has 0 aliphatic carbocycles. The first-order valence-corrected chi connectivity index (χ1v) is 5.83. The normalized spacial score (nSPS) is 20.3. The summed E-state index contributed by atoms with van der Waals surface area (Å²) in [5.41, 5.74) is 1.01. The fourth-order valence-electron chi connectivity index (χ4n) is 2.12. The van der Waals surface area contributed by atoms with Gasteiger partial charge in [-0.15, -0.1) is 5.10 Å². The summed E-state index contributed by atoms with van der Waals surface area (Å²) in [6.45, 7) is 3.71. The third-order valence-corrected chi connectivity index (χ3v) is 3.08. The second-order valence-electron chi connectivity index (χ2n) is 4.29. The Balaban J connectivity index is 1.98. The molecule has 94 valence electrons. The molecular formula is C11H13N5O2. The molecule has 0 N–H and O–H groups in total. The molecule has 0 aromatic carbocycles. The minimum absolute atomic E-state index is 0.0498. The summed E-state index contributed by atoms with van der Waals surface area (Å²) in [6, 6.07) is 3.58. The Morgan fingerprint density at radius 2 is 2.44 bits per heavy atom. The number of hydrogen-bond donors (Lipinski definition) is 0. The number of amides is 1. The molecule has 2 aromatic rings. The number of pyridine rings is 1.